The minimum absolute atomic E-state index is 0.0559. The third-order valence-electron chi connectivity index (χ3n) is 11.1. The molecule has 0 amide bonds. The van der Waals surface area contributed by atoms with E-state index in [2.05, 4.69) is 18.7 Å². The van der Waals surface area contributed by atoms with E-state index in [9.17, 15) is 15.3 Å². The van der Waals surface area contributed by atoms with Gasteiger partial charge in [0.1, 0.15) is 5.60 Å². The fourth-order valence-electron chi connectivity index (χ4n) is 10.3. The standard InChI is InChI=1S/C23H37NO5/c1-5-24-11-20(2)7-6-15(28-3)23-13-9-22(27)16(29-4)10-21(26,17(13)19(22)25)12(18(23)24)8-14(20)23/h12-19,25-27H,5-11H2,1-4H3/t12-,13+,14+,15-,16-,17+,18+,19+,20-,21-,22+,23+/m0/s1. The average molecular weight is 408 g/mol. The van der Waals surface area contributed by atoms with E-state index >= 15 is 0 Å². The van der Waals surface area contributed by atoms with Crippen molar-refractivity contribution < 1.29 is 24.8 Å². The number of fused-ring (bicyclic) bond motifs is 2. The van der Waals surface area contributed by atoms with Gasteiger partial charge in [-0.1, -0.05) is 13.8 Å². The number of rotatable bonds is 3. The second-order valence-corrected chi connectivity index (χ2v) is 11.5. The molecule has 1 heterocycles. The van der Waals surface area contributed by atoms with E-state index in [4.69, 9.17) is 9.47 Å². The SMILES string of the molecule is CCN1C[C@]2(C)CC[C@H](OC)[C@@]34[C@@H]5C[C@@]6(O)[C@@H](OC)C[C@@](O)([C@H]5[C@H]6O)[C@@H](C[C@H]23)[C@@H]14. The zero-order valence-electron chi connectivity index (χ0n) is 18.2. The zero-order valence-corrected chi connectivity index (χ0v) is 18.2. The molecule has 7 bridgehead atoms. The van der Waals surface area contributed by atoms with Crippen LogP contribution in [-0.4, -0.2) is 83.1 Å². The van der Waals surface area contributed by atoms with Crippen LogP contribution in [0.4, 0.5) is 0 Å². The molecule has 12 atom stereocenters. The maximum atomic E-state index is 12.3. The van der Waals surface area contributed by atoms with Gasteiger partial charge in [0.15, 0.2) is 0 Å². The van der Waals surface area contributed by atoms with Gasteiger partial charge >= 0.3 is 0 Å². The fraction of sp³-hybridized carbons (Fsp3) is 1.00. The summed E-state index contributed by atoms with van der Waals surface area (Å²) in [5, 5.41) is 35.2. The molecular weight excluding hydrogens is 370 g/mol. The summed E-state index contributed by atoms with van der Waals surface area (Å²) in [6.45, 7) is 6.73. The first-order chi connectivity index (χ1) is 13.7. The highest BCUT2D eigenvalue weighted by atomic mass is 16.5. The molecule has 0 unspecified atom stereocenters. The monoisotopic (exact) mass is 407 g/mol. The van der Waals surface area contributed by atoms with Crippen molar-refractivity contribution in [3.63, 3.8) is 0 Å². The van der Waals surface area contributed by atoms with Gasteiger partial charge in [-0.05, 0) is 49.5 Å². The summed E-state index contributed by atoms with van der Waals surface area (Å²) in [4.78, 5) is 2.62. The second kappa shape index (κ2) is 5.57. The van der Waals surface area contributed by atoms with Gasteiger partial charge in [-0.25, -0.2) is 0 Å². The molecule has 1 saturated heterocycles. The number of hydrogen-bond donors (Lipinski definition) is 3. The first-order valence-electron chi connectivity index (χ1n) is 11.6. The second-order valence-electron chi connectivity index (χ2n) is 11.5. The molecule has 5 aliphatic carbocycles. The smallest absolute Gasteiger partial charge is 0.117 e. The molecule has 6 heteroatoms. The first kappa shape index (κ1) is 19.4. The lowest BCUT2D eigenvalue weighted by atomic mass is 9.43. The van der Waals surface area contributed by atoms with E-state index in [1.54, 1.807) is 7.11 Å². The Morgan fingerprint density at radius 3 is 2.41 bits per heavy atom. The van der Waals surface area contributed by atoms with Crippen LogP contribution in [0.2, 0.25) is 0 Å². The van der Waals surface area contributed by atoms with Crippen molar-refractivity contribution in [1.29, 1.82) is 0 Å². The molecule has 3 N–H and O–H groups in total. The van der Waals surface area contributed by atoms with Crippen LogP contribution in [0.1, 0.15) is 46.0 Å². The average Bonchev–Trinajstić information content (AvgIpc) is 3.08. The molecule has 29 heavy (non-hydrogen) atoms. The van der Waals surface area contributed by atoms with Crippen LogP contribution >= 0.6 is 0 Å². The fourth-order valence-corrected chi connectivity index (χ4v) is 10.3. The lowest BCUT2D eigenvalue weighted by Crippen LogP contribution is -2.76. The summed E-state index contributed by atoms with van der Waals surface area (Å²) in [7, 11) is 3.44. The Kier molecular flexibility index (Phi) is 3.73. The summed E-state index contributed by atoms with van der Waals surface area (Å²) < 4.78 is 11.9. The summed E-state index contributed by atoms with van der Waals surface area (Å²) in [6, 6.07) is 0.257. The topological polar surface area (TPSA) is 82.4 Å². The molecule has 1 spiro atoms. The van der Waals surface area contributed by atoms with Crippen molar-refractivity contribution in [2.24, 2.45) is 34.5 Å². The van der Waals surface area contributed by atoms with Gasteiger partial charge < -0.3 is 24.8 Å². The van der Waals surface area contributed by atoms with Crippen LogP contribution in [0.15, 0.2) is 0 Å². The van der Waals surface area contributed by atoms with Gasteiger partial charge in [-0.2, -0.15) is 0 Å². The number of aliphatic hydroxyl groups is 3. The summed E-state index contributed by atoms with van der Waals surface area (Å²) in [5.74, 6) is 0.338. The van der Waals surface area contributed by atoms with Crippen molar-refractivity contribution in [2.45, 2.75) is 81.5 Å². The molecule has 0 radical (unpaired) electrons. The van der Waals surface area contributed by atoms with E-state index < -0.39 is 23.4 Å². The van der Waals surface area contributed by atoms with Crippen molar-refractivity contribution in [2.75, 3.05) is 27.3 Å². The Bertz CT molecular complexity index is 734. The van der Waals surface area contributed by atoms with Crippen LogP contribution in [0.3, 0.4) is 0 Å². The molecule has 6 fully saturated rings. The molecule has 0 aromatic carbocycles. The number of hydrogen-bond acceptors (Lipinski definition) is 6. The van der Waals surface area contributed by atoms with Gasteiger partial charge in [0, 0.05) is 50.5 Å². The van der Waals surface area contributed by atoms with Gasteiger partial charge in [-0.15, -0.1) is 0 Å². The maximum absolute atomic E-state index is 12.3. The number of ether oxygens (including phenoxy) is 2. The predicted octanol–water partition coefficient (Wildman–Crippen LogP) is 1.02. The molecular formula is C23H37NO5. The van der Waals surface area contributed by atoms with Gasteiger partial charge in [0.25, 0.3) is 0 Å². The highest BCUT2D eigenvalue weighted by molar-refractivity contribution is 5.35. The Morgan fingerprint density at radius 2 is 1.76 bits per heavy atom. The Hall–Kier alpha value is -0.240. The number of methoxy groups -OCH3 is 2. The quantitative estimate of drug-likeness (QED) is 0.648. The minimum atomic E-state index is -1.27. The van der Waals surface area contributed by atoms with Crippen molar-refractivity contribution in [3.8, 4) is 0 Å². The molecule has 0 aromatic rings. The van der Waals surface area contributed by atoms with E-state index in [1.165, 1.54) is 0 Å². The normalized spacial score (nSPS) is 65.1. The van der Waals surface area contributed by atoms with Crippen LogP contribution in [0, 0.1) is 34.5 Å². The first-order valence-corrected chi connectivity index (χ1v) is 11.6. The van der Waals surface area contributed by atoms with Crippen LogP contribution in [0.25, 0.3) is 0 Å². The Labute approximate surface area is 173 Å². The third-order valence-corrected chi connectivity index (χ3v) is 11.1. The van der Waals surface area contributed by atoms with Gasteiger partial charge in [0.05, 0.1) is 23.9 Å². The lowest BCUT2D eigenvalue weighted by Gasteiger charge is -2.69. The highest BCUT2D eigenvalue weighted by Gasteiger charge is 2.85. The Morgan fingerprint density at radius 1 is 1.03 bits per heavy atom. The molecule has 164 valence electrons. The molecule has 6 aliphatic rings. The molecule has 5 saturated carbocycles. The van der Waals surface area contributed by atoms with Crippen LogP contribution in [-0.2, 0) is 9.47 Å². The molecule has 0 aromatic heterocycles. The summed E-state index contributed by atoms with van der Waals surface area (Å²) in [5.41, 5.74) is -2.16. The van der Waals surface area contributed by atoms with Crippen LogP contribution < -0.4 is 0 Å². The van der Waals surface area contributed by atoms with E-state index in [1.807, 2.05) is 7.11 Å². The predicted molar refractivity (Wildman–Crippen MR) is 106 cm³/mol. The summed E-state index contributed by atoms with van der Waals surface area (Å²) >= 11 is 0. The number of piperidine rings is 1. The Balaban J connectivity index is 1.61. The number of likely N-dealkylation sites (tertiary alicyclic amines) is 1. The molecule has 6 nitrogen and oxygen atoms in total. The largest absolute Gasteiger partial charge is 0.390 e. The minimum Gasteiger partial charge on any atom is -0.390 e. The van der Waals surface area contributed by atoms with Gasteiger partial charge in [-0.3, -0.25) is 4.90 Å². The van der Waals surface area contributed by atoms with Crippen molar-refractivity contribution in [3.05, 3.63) is 0 Å². The third kappa shape index (κ3) is 1.81. The number of aliphatic hydroxyl groups excluding tert-OH is 1. The van der Waals surface area contributed by atoms with Crippen molar-refractivity contribution in [1.82, 2.24) is 4.90 Å². The van der Waals surface area contributed by atoms with Crippen LogP contribution in [0.5, 0.6) is 0 Å². The lowest BCUT2D eigenvalue weighted by molar-refractivity contribution is -0.279. The zero-order chi connectivity index (χ0) is 20.6. The van der Waals surface area contributed by atoms with Crippen molar-refractivity contribution >= 4 is 0 Å². The molecule has 1 aliphatic heterocycles. The van der Waals surface area contributed by atoms with E-state index in [0.29, 0.717) is 18.8 Å². The highest BCUT2D eigenvalue weighted by Crippen LogP contribution is 2.79. The van der Waals surface area contributed by atoms with E-state index in [0.717, 1.165) is 32.4 Å². The number of nitrogens with zero attached hydrogens (tertiary/aromatic N) is 1. The molecule has 6 rings (SSSR count). The maximum Gasteiger partial charge on any atom is 0.117 e. The summed E-state index contributed by atoms with van der Waals surface area (Å²) in [6.07, 6.45) is 2.78. The van der Waals surface area contributed by atoms with E-state index in [-0.39, 0.29) is 40.7 Å². The van der Waals surface area contributed by atoms with Gasteiger partial charge in [0.2, 0.25) is 0 Å².